The van der Waals surface area contributed by atoms with E-state index in [2.05, 4.69) is 26.0 Å². The van der Waals surface area contributed by atoms with Gasteiger partial charge in [-0.3, -0.25) is 9.59 Å². The first kappa shape index (κ1) is 21.0. The fraction of sp³-hybridized carbons (Fsp3) is 0.455. The van der Waals surface area contributed by atoms with E-state index < -0.39 is 17.9 Å². The molecule has 0 radical (unpaired) electrons. The van der Waals surface area contributed by atoms with Crippen molar-refractivity contribution in [2.24, 2.45) is 11.8 Å². The van der Waals surface area contributed by atoms with Crippen LogP contribution in [0.15, 0.2) is 35.4 Å². The fourth-order valence-electron chi connectivity index (χ4n) is 4.89. The van der Waals surface area contributed by atoms with Crippen molar-refractivity contribution in [2.45, 2.75) is 30.8 Å². The molecule has 12 heteroatoms. The van der Waals surface area contributed by atoms with Crippen molar-refractivity contribution in [3.8, 4) is 0 Å². The number of fused-ring (bicyclic) bond motifs is 2. The maximum atomic E-state index is 13.6. The Balaban J connectivity index is 1.31. The smallest absolute Gasteiger partial charge is 0.274 e. The lowest BCUT2D eigenvalue weighted by molar-refractivity contribution is -0.102. The number of aromatic nitrogens is 4. The summed E-state index contributed by atoms with van der Waals surface area (Å²) in [7, 11) is 1.68. The second-order valence-corrected chi connectivity index (χ2v) is 9.01. The average molecular weight is 471 g/mol. The van der Waals surface area contributed by atoms with Gasteiger partial charge in [-0.25, -0.2) is 13.8 Å². The van der Waals surface area contributed by atoms with E-state index in [-0.39, 0.29) is 35.7 Å². The molecule has 0 aromatic carbocycles. The normalized spacial score (nSPS) is 26.6. The van der Waals surface area contributed by atoms with Gasteiger partial charge in [-0.2, -0.15) is 9.61 Å². The highest BCUT2D eigenvalue weighted by Crippen LogP contribution is 2.53. The zero-order chi connectivity index (χ0) is 23.6. The van der Waals surface area contributed by atoms with E-state index in [0.29, 0.717) is 42.4 Å². The Bertz CT molecular complexity index is 1340. The van der Waals surface area contributed by atoms with Crippen molar-refractivity contribution in [1.29, 1.82) is 0 Å². The molecular weight excluding hydrogens is 448 g/mol. The number of hydrogen-bond acceptors (Lipinski definition) is 7. The van der Waals surface area contributed by atoms with Crippen molar-refractivity contribution < 1.29 is 18.3 Å². The molecule has 34 heavy (non-hydrogen) atoms. The lowest BCUT2D eigenvalue weighted by atomic mass is 9.88. The Hall–Kier alpha value is -3.54. The predicted octanol–water partition coefficient (Wildman–Crippen LogP) is 2.02. The van der Waals surface area contributed by atoms with Crippen LogP contribution in [0.4, 0.5) is 26.1 Å². The first-order chi connectivity index (χ1) is 16.4. The second kappa shape index (κ2) is 7.49. The standard InChI is InChI=1S/C22H23F2N7O3/c1-25-17-7-16(27-14-3-2-6-30(21(14)33)18-12-9-34-10-13(12)18)29-19-11(8-26-31(17)19)20(32)28-15-4-5-22(15,23)24/h2-3,6-8,12-13,15,18,25H,4-5,9-10H2,1H3,(H,27,29)(H,28,32)/t12-,13+,15?,18?. The van der Waals surface area contributed by atoms with Gasteiger partial charge in [-0.15, -0.1) is 0 Å². The third-order valence-corrected chi connectivity index (χ3v) is 7.02. The van der Waals surface area contributed by atoms with Gasteiger partial charge in [0, 0.05) is 43.6 Å². The van der Waals surface area contributed by atoms with Crippen LogP contribution in [0.3, 0.4) is 0 Å². The molecule has 3 aromatic heterocycles. The number of carbonyl (C=O) groups is 1. The molecular formula is C22H23F2N7O3. The number of ether oxygens (including phenoxy) is 1. The molecule has 3 aromatic rings. The number of rotatable bonds is 6. The van der Waals surface area contributed by atoms with Gasteiger partial charge in [0.1, 0.15) is 22.9 Å². The van der Waals surface area contributed by atoms with Gasteiger partial charge < -0.3 is 25.3 Å². The number of carbonyl (C=O) groups excluding carboxylic acids is 1. The van der Waals surface area contributed by atoms with Gasteiger partial charge in [-0.05, 0) is 18.6 Å². The van der Waals surface area contributed by atoms with E-state index in [9.17, 15) is 18.4 Å². The first-order valence-electron chi connectivity index (χ1n) is 11.2. The molecule has 1 aliphatic heterocycles. The minimum absolute atomic E-state index is 0.0686. The molecule has 2 unspecified atom stereocenters. The van der Waals surface area contributed by atoms with Crippen LogP contribution < -0.4 is 21.5 Å². The highest BCUT2D eigenvalue weighted by molar-refractivity contribution is 6.00. The first-order valence-corrected chi connectivity index (χ1v) is 11.2. The lowest BCUT2D eigenvalue weighted by Gasteiger charge is -2.36. The number of alkyl halides is 2. The van der Waals surface area contributed by atoms with Crippen LogP contribution in [0.5, 0.6) is 0 Å². The summed E-state index contributed by atoms with van der Waals surface area (Å²) in [4.78, 5) is 30.3. The van der Waals surface area contributed by atoms with Crippen LogP contribution in [0.25, 0.3) is 5.65 Å². The predicted molar refractivity (Wildman–Crippen MR) is 119 cm³/mol. The molecule has 178 valence electrons. The van der Waals surface area contributed by atoms with Crippen LogP contribution >= 0.6 is 0 Å². The summed E-state index contributed by atoms with van der Waals surface area (Å²) in [5, 5.41) is 12.6. The van der Waals surface area contributed by atoms with Gasteiger partial charge in [-0.1, -0.05) is 0 Å². The molecule has 2 saturated carbocycles. The summed E-state index contributed by atoms with van der Waals surface area (Å²) in [6, 6.07) is 4.06. The minimum Gasteiger partial charge on any atom is -0.381 e. The highest BCUT2D eigenvalue weighted by atomic mass is 19.3. The van der Waals surface area contributed by atoms with E-state index in [0.717, 1.165) is 0 Å². The lowest BCUT2D eigenvalue weighted by Crippen LogP contribution is -2.55. The van der Waals surface area contributed by atoms with Gasteiger partial charge in [0.25, 0.3) is 17.4 Å². The monoisotopic (exact) mass is 471 g/mol. The third kappa shape index (κ3) is 3.23. The number of nitrogens with zero attached hydrogens (tertiary/aromatic N) is 4. The van der Waals surface area contributed by atoms with Crippen molar-refractivity contribution in [3.05, 3.63) is 46.5 Å². The van der Waals surface area contributed by atoms with Crippen LogP contribution in [0.1, 0.15) is 29.2 Å². The molecule has 0 spiro atoms. The average Bonchev–Trinajstić information content (AvgIpc) is 3.15. The molecule has 4 atom stereocenters. The molecule has 3 aliphatic rings. The quantitative estimate of drug-likeness (QED) is 0.504. The van der Waals surface area contributed by atoms with E-state index >= 15 is 0 Å². The molecule has 6 rings (SSSR count). The summed E-state index contributed by atoms with van der Waals surface area (Å²) in [5.41, 5.74) is 0.416. The van der Waals surface area contributed by atoms with Gasteiger partial charge in [0.2, 0.25) is 0 Å². The van der Waals surface area contributed by atoms with Crippen LogP contribution in [-0.2, 0) is 4.74 Å². The number of pyridine rings is 1. The molecule has 1 amide bonds. The van der Waals surface area contributed by atoms with Crippen molar-refractivity contribution >= 4 is 28.9 Å². The number of halogens is 2. The van der Waals surface area contributed by atoms with E-state index in [1.54, 1.807) is 36.0 Å². The van der Waals surface area contributed by atoms with Gasteiger partial charge >= 0.3 is 0 Å². The van der Waals surface area contributed by atoms with Crippen LogP contribution in [0, 0.1) is 11.8 Å². The molecule has 3 N–H and O–H groups in total. The van der Waals surface area contributed by atoms with Crippen molar-refractivity contribution in [3.63, 3.8) is 0 Å². The maximum Gasteiger partial charge on any atom is 0.274 e. The Morgan fingerprint density at radius 2 is 2.09 bits per heavy atom. The second-order valence-electron chi connectivity index (χ2n) is 9.01. The molecule has 0 bridgehead atoms. The molecule has 2 aliphatic carbocycles. The number of nitrogens with one attached hydrogen (secondary N) is 3. The minimum atomic E-state index is -2.91. The van der Waals surface area contributed by atoms with Gasteiger partial charge in [0.05, 0.1) is 25.5 Å². The summed E-state index contributed by atoms with van der Waals surface area (Å²) in [6.45, 7) is 1.34. The Morgan fingerprint density at radius 1 is 1.29 bits per heavy atom. The topological polar surface area (TPSA) is 115 Å². The van der Waals surface area contributed by atoms with Crippen molar-refractivity contribution in [1.82, 2.24) is 24.5 Å². The SMILES string of the molecule is CNc1cc(Nc2cccn(C3[C@H]4COC[C@@H]34)c2=O)nc2c(C(=O)NC3CCC3(F)F)cnn12. The molecule has 10 nitrogen and oxygen atoms in total. The Labute approximate surface area is 192 Å². The van der Waals surface area contributed by atoms with E-state index in [1.807, 2.05) is 0 Å². The Morgan fingerprint density at radius 3 is 2.76 bits per heavy atom. The van der Waals surface area contributed by atoms with Crippen LogP contribution in [-0.4, -0.2) is 57.3 Å². The zero-order valence-corrected chi connectivity index (χ0v) is 18.3. The Kier molecular flexibility index (Phi) is 4.63. The molecule has 4 heterocycles. The molecule has 1 saturated heterocycles. The van der Waals surface area contributed by atoms with Crippen LogP contribution in [0.2, 0.25) is 0 Å². The third-order valence-electron chi connectivity index (χ3n) is 7.02. The summed E-state index contributed by atoms with van der Waals surface area (Å²) in [6.07, 6.45) is 3.05. The highest BCUT2D eigenvalue weighted by Gasteiger charge is 2.55. The van der Waals surface area contributed by atoms with Crippen molar-refractivity contribution in [2.75, 3.05) is 30.9 Å². The number of hydrogen-bond donors (Lipinski definition) is 3. The summed E-state index contributed by atoms with van der Waals surface area (Å²) in [5.74, 6) is -2.02. The number of anilines is 3. The number of amides is 1. The van der Waals surface area contributed by atoms with E-state index in [1.165, 1.54) is 10.7 Å². The molecule has 3 fully saturated rings. The summed E-state index contributed by atoms with van der Waals surface area (Å²) >= 11 is 0. The largest absolute Gasteiger partial charge is 0.381 e. The maximum absolute atomic E-state index is 13.6. The summed E-state index contributed by atoms with van der Waals surface area (Å²) < 4.78 is 35.9. The zero-order valence-electron chi connectivity index (χ0n) is 18.3. The fourth-order valence-corrected chi connectivity index (χ4v) is 4.89. The van der Waals surface area contributed by atoms with E-state index in [4.69, 9.17) is 4.74 Å². The van der Waals surface area contributed by atoms with Gasteiger partial charge in [0.15, 0.2) is 5.65 Å².